The third kappa shape index (κ3) is 3.20. The molecule has 0 aliphatic heterocycles. The van der Waals surface area contributed by atoms with Gasteiger partial charge in [0.05, 0.1) is 24.4 Å². The Labute approximate surface area is 112 Å². The number of carbonyl (C=O) groups is 1. The van der Waals surface area contributed by atoms with E-state index in [0.717, 1.165) is 24.3 Å². The Morgan fingerprint density at radius 3 is 2.05 bits per heavy atom. The number of halogens is 3. The maximum atomic E-state index is 12.5. The molecule has 0 bridgehead atoms. The summed E-state index contributed by atoms with van der Waals surface area (Å²) in [5.74, 6) is -1.30. The third-order valence-corrected chi connectivity index (χ3v) is 3.85. The van der Waals surface area contributed by atoms with Crippen LogP contribution < -0.4 is 4.31 Å². The summed E-state index contributed by atoms with van der Waals surface area (Å²) in [5, 5.41) is 17.4. The highest BCUT2D eigenvalue weighted by molar-refractivity contribution is 7.93. The first-order valence-electron chi connectivity index (χ1n) is 5.14. The van der Waals surface area contributed by atoms with Crippen LogP contribution in [0.2, 0.25) is 0 Å². The first-order chi connectivity index (χ1) is 9.11. The lowest BCUT2D eigenvalue weighted by atomic mass is 10.2. The number of hydrogen-bond acceptors (Lipinski definition) is 4. The number of carboxylic acid groups (broad SMARTS) is 1. The van der Waals surface area contributed by atoms with Crippen LogP contribution in [0.25, 0.3) is 0 Å². The fourth-order valence-corrected chi connectivity index (χ4v) is 2.35. The van der Waals surface area contributed by atoms with E-state index < -0.39 is 34.7 Å². The number of alkyl halides is 3. The minimum atomic E-state index is -5.66. The highest BCUT2D eigenvalue weighted by atomic mass is 32.2. The van der Waals surface area contributed by atoms with Crippen molar-refractivity contribution in [1.29, 1.82) is 0 Å². The number of carboxylic acids is 1. The molecule has 0 saturated heterocycles. The first kappa shape index (κ1) is 16.2. The molecule has 0 radical (unpaired) electrons. The Balaban J connectivity index is 3.25. The molecule has 0 unspecified atom stereocenters. The van der Waals surface area contributed by atoms with Crippen LogP contribution in [0.15, 0.2) is 24.3 Å². The number of hydrogen-bond donors (Lipinski definition) is 2. The first-order valence-corrected chi connectivity index (χ1v) is 6.58. The van der Waals surface area contributed by atoms with Crippen LogP contribution >= 0.6 is 0 Å². The molecule has 20 heavy (non-hydrogen) atoms. The number of benzene rings is 1. The lowest BCUT2D eigenvalue weighted by Gasteiger charge is -2.24. The van der Waals surface area contributed by atoms with Crippen molar-refractivity contribution in [3.63, 3.8) is 0 Å². The van der Waals surface area contributed by atoms with Crippen molar-refractivity contribution < 1.29 is 36.6 Å². The maximum absolute atomic E-state index is 12.5. The molecule has 0 atom stereocenters. The van der Waals surface area contributed by atoms with Gasteiger partial charge in [0.15, 0.2) is 0 Å². The summed E-state index contributed by atoms with van der Waals surface area (Å²) < 4.78 is 60.1. The van der Waals surface area contributed by atoms with E-state index in [4.69, 9.17) is 10.2 Å². The minimum Gasteiger partial charge on any atom is -0.478 e. The Morgan fingerprint density at radius 2 is 1.70 bits per heavy atom. The SMILES string of the molecule is O=C(O)c1ccc(N(CCO)S(=O)(=O)C(F)(F)F)cc1. The molecule has 1 aromatic rings. The van der Waals surface area contributed by atoms with Crippen molar-refractivity contribution in [3.05, 3.63) is 29.8 Å². The zero-order chi connectivity index (χ0) is 15.6. The third-order valence-electron chi connectivity index (χ3n) is 2.29. The van der Waals surface area contributed by atoms with Gasteiger partial charge in [0, 0.05) is 0 Å². The van der Waals surface area contributed by atoms with E-state index in [1.54, 1.807) is 0 Å². The fraction of sp³-hybridized carbons (Fsp3) is 0.300. The molecule has 2 N–H and O–H groups in total. The Bertz CT molecular complexity index is 582. The number of aromatic carboxylic acids is 1. The Kier molecular flexibility index (Phi) is 4.61. The standard InChI is InChI=1S/C10H10F3NO5S/c11-10(12,13)20(18,19)14(5-6-15)8-3-1-7(2-4-8)9(16)17/h1-4,15H,5-6H2,(H,16,17). The molecule has 0 aliphatic carbocycles. The van der Waals surface area contributed by atoms with Gasteiger partial charge in [-0.25, -0.2) is 4.79 Å². The topological polar surface area (TPSA) is 94.9 Å². The van der Waals surface area contributed by atoms with Crippen LogP contribution in [0.3, 0.4) is 0 Å². The maximum Gasteiger partial charge on any atom is 0.516 e. The number of sulfonamides is 1. The second-order valence-electron chi connectivity index (χ2n) is 3.60. The van der Waals surface area contributed by atoms with Gasteiger partial charge >= 0.3 is 21.5 Å². The summed E-state index contributed by atoms with van der Waals surface area (Å²) in [7, 11) is -5.66. The van der Waals surface area contributed by atoms with Gasteiger partial charge in [0.1, 0.15) is 0 Å². The Morgan fingerprint density at radius 1 is 1.20 bits per heavy atom. The monoisotopic (exact) mass is 313 g/mol. The van der Waals surface area contributed by atoms with Crippen LogP contribution in [-0.2, 0) is 10.0 Å². The Hall–Kier alpha value is -1.81. The molecule has 0 fully saturated rings. The summed E-state index contributed by atoms with van der Waals surface area (Å²) in [6.45, 7) is -1.62. The molecule has 6 nitrogen and oxygen atoms in total. The summed E-state index contributed by atoms with van der Waals surface area (Å²) in [4.78, 5) is 10.6. The molecular weight excluding hydrogens is 303 g/mol. The smallest absolute Gasteiger partial charge is 0.478 e. The quantitative estimate of drug-likeness (QED) is 0.846. The summed E-state index contributed by atoms with van der Waals surface area (Å²) in [6, 6.07) is 3.77. The van der Waals surface area contributed by atoms with Gasteiger partial charge in [0.25, 0.3) is 0 Å². The van der Waals surface area contributed by atoms with Crippen LogP contribution in [0.1, 0.15) is 10.4 Å². The molecule has 10 heteroatoms. The van der Waals surface area contributed by atoms with E-state index in [0.29, 0.717) is 0 Å². The molecule has 0 amide bonds. The second kappa shape index (κ2) is 5.67. The van der Waals surface area contributed by atoms with E-state index in [1.165, 1.54) is 0 Å². The average molecular weight is 313 g/mol. The normalized spacial score (nSPS) is 12.2. The zero-order valence-electron chi connectivity index (χ0n) is 9.83. The zero-order valence-corrected chi connectivity index (χ0v) is 10.6. The van der Waals surface area contributed by atoms with E-state index >= 15 is 0 Å². The van der Waals surface area contributed by atoms with Crippen molar-refractivity contribution in [2.75, 3.05) is 17.5 Å². The van der Waals surface area contributed by atoms with Gasteiger partial charge in [-0.1, -0.05) is 0 Å². The molecule has 1 aromatic carbocycles. The average Bonchev–Trinajstić information content (AvgIpc) is 2.34. The van der Waals surface area contributed by atoms with Crippen molar-refractivity contribution in [1.82, 2.24) is 0 Å². The van der Waals surface area contributed by atoms with Gasteiger partial charge in [-0.2, -0.15) is 21.6 Å². The molecular formula is C10H10F3NO5S. The number of anilines is 1. The molecule has 0 heterocycles. The van der Waals surface area contributed by atoms with Crippen LogP contribution in [-0.4, -0.2) is 43.3 Å². The highest BCUT2D eigenvalue weighted by Gasteiger charge is 2.50. The van der Waals surface area contributed by atoms with Crippen molar-refractivity contribution in [2.24, 2.45) is 0 Å². The molecule has 0 spiro atoms. The van der Waals surface area contributed by atoms with Gasteiger partial charge in [-0.05, 0) is 24.3 Å². The van der Waals surface area contributed by atoms with Gasteiger partial charge in [-0.3, -0.25) is 4.31 Å². The van der Waals surface area contributed by atoms with E-state index in [9.17, 15) is 26.4 Å². The fourth-order valence-electron chi connectivity index (χ4n) is 1.37. The van der Waals surface area contributed by atoms with E-state index in [1.807, 2.05) is 0 Å². The van der Waals surface area contributed by atoms with Crippen LogP contribution in [0.4, 0.5) is 18.9 Å². The lowest BCUT2D eigenvalue weighted by Crippen LogP contribution is -2.42. The number of nitrogens with zero attached hydrogens (tertiary/aromatic N) is 1. The minimum absolute atomic E-state index is 0.0291. The molecule has 112 valence electrons. The molecule has 0 saturated carbocycles. The van der Waals surface area contributed by atoms with E-state index in [-0.39, 0.29) is 15.6 Å². The molecule has 0 aliphatic rings. The lowest BCUT2D eigenvalue weighted by molar-refractivity contribution is -0.0438. The van der Waals surface area contributed by atoms with Gasteiger partial charge < -0.3 is 10.2 Å². The predicted molar refractivity (Wildman–Crippen MR) is 62.8 cm³/mol. The van der Waals surface area contributed by atoms with Crippen LogP contribution in [0.5, 0.6) is 0 Å². The van der Waals surface area contributed by atoms with Crippen molar-refractivity contribution in [3.8, 4) is 0 Å². The van der Waals surface area contributed by atoms with Crippen LogP contribution in [0, 0.1) is 0 Å². The van der Waals surface area contributed by atoms with Crippen molar-refractivity contribution in [2.45, 2.75) is 5.51 Å². The predicted octanol–water partition coefficient (Wildman–Crippen LogP) is 1.03. The molecule has 1 rings (SSSR count). The second-order valence-corrected chi connectivity index (χ2v) is 5.45. The van der Waals surface area contributed by atoms with E-state index in [2.05, 4.69) is 0 Å². The number of rotatable bonds is 5. The number of aliphatic hydroxyl groups is 1. The largest absolute Gasteiger partial charge is 0.516 e. The highest BCUT2D eigenvalue weighted by Crippen LogP contribution is 2.30. The van der Waals surface area contributed by atoms with Gasteiger partial charge in [-0.15, -0.1) is 0 Å². The molecule has 0 aromatic heterocycles. The van der Waals surface area contributed by atoms with Crippen molar-refractivity contribution >= 4 is 21.7 Å². The number of aliphatic hydroxyl groups excluding tert-OH is 1. The summed E-state index contributed by atoms with van der Waals surface area (Å²) in [6.07, 6.45) is 0. The van der Waals surface area contributed by atoms with Gasteiger partial charge in [0.2, 0.25) is 0 Å². The summed E-state index contributed by atoms with van der Waals surface area (Å²) in [5.41, 5.74) is -6.11. The summed E-state index contributed by atoms with van der Waals surface area (Å²) >= 11 is 0.